The number of nitrogens with zero attached hydrogens (tertiary/aromatic N) is 5. The van der Waals surface area contributed by atoms with Crippen molar-refractivity contribution in [3.63, 3.8) is 0 Å². The van der Waals surface area contributed by atoms with Crippen LogP contribution in [0.4, 0.5) is 0 Å². The zero-order chi connectivity index (χ0) is 20.8. The van der Waals surface area contributed by atoms with Crippen molar-refractivity contribution >= 4 is 41.3 Å². The molecule has 6 nitrogen and oxygen atoms in total. The molecule has 8 heteroatoms. The SMILES string of the molecule is CCNC(=NCC1CCN(Cc2cccs2)CC1)N1CCC(C)C(n2ccnc2)C1.I. The van der Waals surface area contributed by atoms with Crippen molar-refractivity contribution < 1.29 is 0 Å². The van der Waals surface area contributed by atoms with Crippen molar-refractivity contribution in [1.29, 1.82) is 0 Å². The molecule has 0 amide bonds. The summed E-state index contributed by atoms with van der Waals surface area (Å²) in [5, 5.41) is 5.73. The number of rotatable bonds is 6. The number of guanidine groups is 1. The van der Waals surface area contributed by atoms with Gasteiger partial charge < -0.3 is 14.8 Å². The summed E-state index contributed by atoms with van der Waals surface area (Å²) < 4.78 is 2.27. The second-order valence-electron chi connectivity index (χ2n) is 8.78. The normalized spacial score (nSPS) is 23.5. The molecule has 0 bridgehead atoms. The summed E-state index contributed by atoms with van der Waals surface area (Å²) in [6, 6.07) is 4.87. The molecule has 31 heavy (non-hydrogen) atoms. The van der Waals surface area contributed by atoms with Crippen LogP contribution in [0.25, 0.3) is 0 Å². The molecular weight excluding hydrogens is 519 g/mol. The van der Waals surface area contributed by atoms with Gasteiger partial charge in [-0.25, -0.2) is 4.98 Å². The summed E-state index contributed by atoms with van der Waals surface area (Å²) in [5.41, 5.74) is 0. The topological polar surface area (TPSA) is 48.7 Å². The van der Waals surface area contributed by atoms with Crippen LogP contribution in [0.2, 0.25) is 0 Å². The second-order valence-corrected chi connectivity index (χ2v) is 9.81. The Bertz CT molecular complexity index is 770. The molecule has 1 N–H and O–H groups in total. The lowest BCUT2D eigenvalue weighted by Gasteiger charge is -2.39. The minimum Gasteiger partial charge on any atom is -0.357 e. The van der Waals surface area contributed by atoms with Gasteiger partial charge in [-0.2, -0.15) is 0 Å². The maximum Gasteiger partial charge on any atom is 0.193 e. The van der Waals surface area contributed by atoms with Gasteiger partial charge in [-0.15, -0.1) is 35.3 Å². The summed E-state index contributed by atoms with van der Waals surface area (Å²) in [4.78, 5) is 15.9. The van der Waals surface area contributed by atoms with E-state index in [0.717, 1.165) is 38.7 Å². The highest BCUT2D eigenvalue weighted by Crippen LogP contribution is 2.27. The summed E-state index contributed by atoms with van der Waals surface area (Å²) >= 11 is 1.87. The van der Waals surface area contributed by atoms with Gasteiger partial charge in [-0.05, 0) is 62.6 Å². The van der Waals surface area contributed by atoms with Crippen LogP contribution in [-0.4, -0.2) is 64.6 Å². The van der Waals surface area contributed by atoms with Gasteiger partial charge in [0.05, 0.1) is 12.4 Å². The Kier molecular flexibility index (Phi) is 9.65. The largest absolute Gasteiger partial charge is 0.357 e. The average Bonchev–Trinajstić information content (AvgIpc) is 3.47. The van der Waals surface area contributed by atoms with Crippen molar-refractivity contribution in [2.24, 2.45) is 16.8 Å². The van der Waals surface area contributed by atoms with E-state index >= 15 is 0 Å². The van der Waals surface area contributed by atoms with E-state index in [9.17, 15) is 0 Å². The Hall–Kier alpha value is -1.13. The van der Waals surface area contributed by atoms with Crippen LogP contribution in [0.1, 0.15) is 44.0 Å². The minimum atomic E-state index is 0. The molecule has 0 radical (unpaired) electrons. The first-order valence-electron chi connectivity index (χ1n) is 11.5. The third-order valence-corrected chi connectivity index (χ3v) is 7.49. The maximum absolute atomic E-state index is 5.09. The molecule has 2 atom stereocenters. The summed E-state index contributed by atoms with van der Waals surface area (Å²) in [5.74, 6) is 2.45. The third kappa shape index (κ3) is 6.68. The second kappa shape index (κ2) is 12.2. The quantitative estimate of drug-likeness (QED) is 0.327. The predicted molar refractivity (Wildman–Crippen MR) is 140 cm³/mol. The van der Waals surface area contributed by atoms with E-state index < -0.39 is 0 Å². The van der Waals surface area contributed by atoms with E-state index in [1.807, 2.05) is 23.9 Å². The third-order valence-electron chi connectivity index (χ3n) is 6.63. The molecule has 0 saturated carbocycles. The zero-order valence-corrected chi connectivity index (χ0v) is 22.0. The summed E-state index contributed by atoms with van der Waals surface area (Å²) in [6.45, 7) is 12.0. The highest BCUT2D eigenvalue weighted by molar-refractivity contribution is 14.0. The first kappa shape index (κ1) is 24.5. The fourth-order valence-corrected chi connectivity index (χ4v) is 5.43. The first-order chi connectivity index (χ1) is 14.7. The molecule has 2 aliphatic heterocycles. The maximum atomic E-state index is 5.09. The number of likely N-dealkylation sites (tertiary alicyclic amines) is 2. The zero-order valence-electron chi connectivity index (χ0n) is 18.8. The Morgan fingerprint density at radius 3 is 2.77 bits per heavy atom. The lowest BCUT2D eigenvalue weighted by atomic mass is 9.93. The van der Waals surface area contributed by atoms with E-state index in [4.69, 9.17) is 4.99 Å². The molecule has 2 saturated heterocycles. The molecule has 0 spiro atoms. The number of nitrogens with one attached hydrogen (secondary N) is 1. The molecule has 2 unspecified atom stereocenters. The fraction of sp³-hybridized carbons (Fsp3) is 0.652. The average molecular weight is 557 g/mol. The molecule has 172 valence electrons. The molecule has 2 fully saturated rings. The number of thiophene rings is 1. The van der Waals surface area contributed by atoms with Gasteiger partial charge >= 0.3 is 0 Å². The number of imidazole rings is 1. The van der Waals surface area contributed by atoms with E-state index in [-0.39, 0.29) is 24.0 Å². The van der Waals surface area contributed by atoms with E-state index in [2.05, 4.69) is 62.2 Å². The van der Waals surface area contributed by atoms with Crippen molar-refractivity contribution in [3.05, 3.63) is 41.1 Å². The Morgan fingerprint density at radius 2 is 2.10 bits per heavy atom. The molecule has 4 heterocycles. The van der Waals surface area contributed by atoms with Crippen LogP contribution in [0.3, 0.4) is 0 Å². The highest BCUT2D eigenvalue weighted by atomic mass is 127. The summed E-state index contributed by atoms with van der Waals surface area (Å²) in [6.07, 6.45) is 9.63. The van der Waals surface area contributed by atoms with Gasteiger partial charge in [-0.1, -0.05) is 13.0 Å². The molecule has 0 aliphatic carbocycles. The standard InChI is InChI=1S/C23H36N6S.HI/c1-3-25-23(28-12-6-19(2)22(17-28)29-13-9-24-18-29)26-15-20-7-10-27(11-8-20)16-21-5-4-14-30-21;/h4-5,9,13-14,18-20,22H,3,6-8,10-12,15-17H2,1-2H3,(H,25,26);1H. The number of aromatic nitrogens is 2. The number of piperidine rings is 2. The van der Waals surface area contributed by atoms with Gasteiger partial charge in [0.25, 0.3) is 0 Å². The van der Waals surface area contributed by atoms with Gasteiger partial charge in [0.15, 0.2) is 5.96 Å². The predicted octanol–water partition coefficient (Wildman–Crippen LogP) is 4.32. The van der Waals surface area contributed by atoms with Gasteiger partial charge in [0.1, 0.15) is 0 Å². The Balaban J connectivity index is 0.00000272. The van der Waals surface area contributed by atoms with Crippen molar-refractivity contribution in [3.8, 4) is 0 Å². The minimum absolute atomic E-state index is 0. The van der Waals surface area contributed by atoms with Crippen LogP contribution >= 0.6 is 35.3 Å². The van der Waals surface area contributed by atoms with Crippen LogP contribution < -0.4 is 5.32 Å². The van der Waals surface area contributed by atoms with Crippen molar-refractivity contribution in [2.45, 2.75) is 45.7 Å². The Morgan fingerprint density at radius 1 is 1.26 bits per heavy atom. The molecule has 4 rings (SSSR count). The lowest BCUT2D eigenvalue weighted by Crippen LogP contribution is -2.49. The van der Waals surface area contributed by atoms with Crippen LogP contribution in [0.5, 0.6) is 0 Å². The van der Waals surface area contributed by atoms with E-state index in [1.54, 1.807) is 0 Å². The Labute approximate surface area is 208 Å². The number of hydrogen-bond acceptors (Lipinski definition) is 4. The molecule has 0 aromatic carbocycles. The summed E-state index contributed by atoms with van der Waals surface area (Å²) in [7, 11) is 0. The first-order valence-corrected chi connectivity index (χ1v) is 12.4. The van der Waals surface area contributed by atoms with Crippen molar-refractivity contribution in [2.75, 3.05) is 39.3 Å². The highest BCUT2D eigenvalue weighted by Gasteiger charge is 2.29. The number of hydrogen-bond donors (Lipinski definition) is 1. The lowest BCUT2D eigenvalue weighted by molar-refractivity contribution is 0.179. The van der Waals surface area contributed by atoms with Crippen LogP contribution in [0, 0.1) is 11.8 Å². The monoisotopic (exact) mass is 556 g/mol. The fourth-order valence-electron chi connectivity index (χ4n) is 4.69. The number of aliphatic imine (C=N–C) groups is 1. The van der Waals surface area contributed by atoms with Crippen LogP contribution in [-0.2, 0) is 6.54 Å². The van der Waals surface area contributed by atoms with Crippen molar-refractivity contribution in [1.82, 2.24) is 24.7 Å². The van der Waals surface area contributed by atoms with Gasteiger partial charge in [-0.3, -0.25) is 9.89 Å². The smallest absolute Gasteiger partial charge is 0.193 e. The van der Waals surface area contributed by atoms with E-state index in [0.29, 0.717) is 17.9 Å². The van der Waals surface area contributed by atoms with Gasteiger partial charge in [0.2, 0.25) is 0 Å². The molecular formula is C23H37IN6S. The molecule has 2 aromatic heterocycles. The van der Waals surface area contributed by atoms with Crippen LogP contribution in [0.15, 0.2) is 41.2 Å². The molecule has 2 aromatic rings. The molecule has 2 aliphatic rings. The van der Waals surface area contributed by atoms with E-state index in [1.165, 1.54) is 37.2 Å². The van der Waals surface area contributed by atoms with Gasteiger partial charge in [0, 0.05) is 50.0 Å². The number of halogens is 1.